The van der Waals surface area contributed by atoms with Crippen LogP contribution in [-0.4, -0.2) is 25.1 Å². The predicted octanol–water partition coefficient (Wildman–Crippen LogP) is 3.29. The molecule has 25 heavy (non-hydrogen) atoms. The Morgan fingerprint density at radius 3 is 2.60 bits per heavy atom. The monoisotopic (exact) mass is 345 g/mol. The smallest absolute Gasteiger partial charge is 0.306 e. The van der Waals surface area contributed by atoms with Gasteiger partial charge in [-0.1, -0.05) is 12.1 Å². The van der Waals surface area contributed by atoms with E-state index in [0.29, 0.717) is 23.5 Å². The lowest BCUT2D eigenvalue weighted by molar-refractivity contribution is -0.384. The van der Waals surface area contributed by atoms with Gasteiger partial charge < -0.3 is 14.2 Å². The van der Waals surface area contributed by atoms with Gasteiger partial charge in [-0.05, 0) is 35.7 Å². The van der Waals surface area contributed by atoms with E-state index in [-0.39, 0.29) is 18.7 Å². The number of nitro groups is 1. The highest BCUT2D eigenvalue weighted by molar-refractivity contribution is 5.70. The van der Waals surface area contributed by atoms with Crippen molar-refractivity contribution in [2.75, 3.05) is 14.2 Å². The predicted molar refractivity (Wildman–Crippen MR) is 90.8 cm³/mol. The SMILES string of the molecule is COc1ccc(OC)c(CCC(=O)OCc2cccc([N+](=O)[O-])c2)c1. The van der Waals surface area contributed by atoms with Gasteiger partial charge in [-0.25, -0.2) is 0 Å². The maximum atomic E-state index is 11.9. The number of ether oxygens (including phenoxy) is 3. The van der Waals surface area contributed by atoms with Gasteiger partial charge in [-0.15, -0.1) is 0 Å². The number of carbonyl (C=O) groups is 1. The van der Waals surface area contributed by atoms with E-state index >= 15 is 0 Å². The Morgan fingerprint density at radius 2 is 1.92 bits per heavy atom. The van der Waals surface area contributed by atoms with Gasteiger partial charge >= 0.3 is 5.97 Å². The van der Waals surface area contributed by atoms with Crippen molar-refractivity contribution in [2.24, 2.45) is 0 Å². The number of benzene rings is 2. The Morgan fingerprint density at radius 1 is 1.12 bits per heavy atom. The molecule has 0 aromatic heterocycles. The summed E-state index contributed by atoms with van der Waals surface area (Å²) in [7, 11) is 3.13. The fraction of sp³-hybridized carbons (Fsp3) is 0.278. The van der Waals surface area contributed by atoms with E-state index in [1.54, 1.807) is 38.5 Å². The number of nitro benzene ring substituents is 1. The van der Waals surface area contributed by atoms with Crippen molar-refractivity contribution in [1.29, 1.82) is 0 Å². The molecule has 0 fully saturated rings. The number of non-ortho nitro benzene ring substituents is 1. The third-order valence-electron chi connectivity index (χ3n) is 3.61. The largest absolute Gasteiger partial charge is 0.497 e. The summed E-state index contributed by atoms with van der Waals surface area (Å²) in [4.78, 5) is 22.2. The first-order valence-electron chi connectivity index (χ1n) is 7.63. The summed E-state index contributed by atoms with van der Waals surface area (Å²) in [6.07, 6.45) is 0.604. The second-order valence-corrected chi connectivity index (χ2v) is 5.27. The molecule has 2 rings (SSSR count). The molecule has 0 aliphatic rings. The molecular formula is C18H19NO6. The molecular weight excluding hydrogens is 326 g/mol. The second kappa shape index (κ2) is 8.68. The van der Waals surface area contributed by atoms with Gasteiger partial charge in [0.25, 0.3) is 5.69 Å². The quantitative estimate of drug-likeness (QED) is 0.414. The number of carbonyl (C=O) groups excluding carboxylic acids is 1. The first-order chi connectivity index (χ1) is 12.0. The van der Waals surface area contributed by atoms with E-state index in [0.717, 1.165) is 5.56 Å². The third-order valence-corrected chi connectivity index (χ3v) is 3.61. The van der Waals surface area contributed by atoms with Crippen LogP contribution in [-0.2, 0) is 22.6 Å². The van der Waals surface area contributed by atoms with Crippen LogP contribution in [0.5, 0.6) is 11.5 Å². The van der Waals surface area contributed by atoms with Crippen LogP contribution in [0.4, 0.5) is 5.69 Å². The summed E-state index contributed by atoms with van der Waals surface area (Å²) in [6.45, 7) is -0.00421. The summed E-state index contributed by atoms with van der Waals surface area (Å²) >= 11 is 0. The summed E-state index contributed by atoms with van der Waals surface area (Å²) in [5.74, 6) is 0.962. The standard InChI is InChI=1S/C18H19NO6/c1-23-16-7-8-17(24-2)14(11-16)6-9-18(20)25-12-13-4-3-5-15(10-13)19(21)22/h3-5,7-8,10-11H,6,9,12H2,1-2H3. The fourth-order valence-corrected chi connectivity index (χ4v) is 2.31. The van der Waals surface area contributed by atoms with Crippen molar-refractivity contribution in [2.45, 2.75) is 19.4 Å². The Balaban J connectivity index is 1.91. The molecule has 2 aromatic carbocycles. The van der Waals surface area contributed by atoms with Crippen molar-refractivity contribution < 1.29 is 23.9 Å². The maximum Gasteiger partial charge on any atom is 0.306 e. The van der Waals surface area contributed by atoms with E-state index in [1.165, 1.54) is 12.1 Å². The molecule has 0 atom stereocenters. The first kappa shape index (κ1) is 18.3. The molecule has 0 saturated heterocycles. The van der Waals surface area contributed by atoms with Gasteiger partial charge in [0.15, 0.2) is 0 Å². The minimum atomic E-state index is -0.486. The highest BCUT2D eigenvalue weighted by Gasteiger charge is 2.11. The van der Waals surface area contributed by atoms with Crippen LogP contribution in [0.25, 0.3) is 0 Å². The highest BCUT2D eigenvalue weighted by atomic mass is 16.6. The maximum absolute atomic E-state index is 11.9. The van der Waals surface area contributed by atoms with Crippen molar-refractivity contribution >= 4 is 11.7 Å². The van der Waals surface area contributed by atoms with Crippen LogP contribution in [0, 0.1) is 10.1 Å². The molecule has 0 bridgehead atoms. The van der Waals surface area contributed by atoms with Crippen LogP contribution in [0.3, 0.4) is 0 Å². The number of methoxy groups -OCH3 is 2. The summed E-state index contributed by atoms with van der Waals surface area (Å²) in [6, 6.07) is 11.4. The van der Waals surface area contributed by atoms with E-state index in [4.69, 9.17) is 14.2 Å². The lowest BCUT2D eigenvalue weighted by Crippen LogP contribution is -2.07. The Labute approximate surface area is 145 Å². The van der Waals surface area contributed by atoms with E-state index in [2.05, 4.69) is 0 Å². The minimum Gasteiger partial charge on any atom is -0.497 e. The zero-order valence-corrected chi connectivity index (χ0v) is 14.1. The zero-order chi connectivity index (χ0) is 18.2. The second-order valence-electron chi connectivity index (χ2n) is 5.27. The summed E-state index contributed by atoms with van der Waals surface area (Å²) in [5, 5.41) is 10.7. The van der Waals surface area contributed by atoms with E-state index in [1.807, 2.05) is 6.07 Å². The highest BCUT2D eigenvalue weighted by Crippen LogP contribution is 2.25. The van der Waals surface area contributed by atoms with E-state index in [9.17, 15) is 14.9 Å². The van der Waals surface area contributed by atoms with Gasteiger partial charge in [0.1, 0.15) is 18.1 Å². The molecule has 0 amide bonds. The molecule has 0 unspecified atom stereocenters. The molecule has 0 radical (unpaired) electrons. The summed E-state index contributed by atoms with van der Waals surface area (Å²) in [5.41, 5.74) is 1.38. The van der Waals surface area contributed by atoms with Gasteiger partial charge in [0.2, 0.25) is 0 Å². The van der Waals surface area contributed by atoms with Gasteiger partial charge in [0.05, 0.1) is 19.1 Å². The van der Waals surface area contributed by atoms with Gasteiger partial charge in [0, 0.05) is 18.6 Å². The van der Waals surface area contributed by atoms with Crippen molar-refractivity contribution in [1.82, 2.24) is 0 Å². The number of aryl methyl sites for hydroxylation is 1. The first-order valence-corrected chi connectivity index (χ1v) is 7.63. The average Bonchev–Trinajstić information content (AvgIpc) is 2.64. The number of nitrogens with zero attached hydrogens (tertiary/aromatic N) is 1. The molecule has 7 nitrogen and oxygen atoms in total. The average molecular weight is 345 g/mol. The van der Waals surface area contributed by atoms with Crippen molar-refractivity contribution in [3.8, 4) is 11.5 Å². The van der Waals surface area contributed by atoms with Crippen LogP contribution in [0.1, 0.15) is 17.5 Å². The molecule has 0 aliphatic carbocycles. The van der Waals surface area contributed by atoms with Crippen molar-refractivity contribution in [3.05, 3.63) is 63.7 Å². The summed E-state index contributed by atoms with van der Waals surface area (Å²) < 4.78 is 15.6. The van der Waals surface area contributed by atoms with Crippen LogP contribution in [0.2, 0.25) is 0 Å². The van der Waals surface area contributed by atoms with Crippen LogP contribution >= 0.6 is 0 Å². The number of esters is 1. The molecule has 132 valence electrons. The van der Waals surface area contributed by atoms with Crippen LogP contribution in [0.15, 0.2) is 42.5 Å². The number of hydrogen-bond donors (Lipinski definition) is 0. The molecule has 7 heteroatoms. The molecule has 2 aromatic rings. The topological polar surface area (TPSA) is 87.9 Å². The van der Waals surface area contributed by atoms with Gasteiger partial charge in [-0.2, -0.15) is 0 Å². The van der Waals surface area contributed by atoms with Crippen LogP contribution < -0.4 is 9.47 Å². The number of rotatable bonds is 8. The minimum absolute atomic E-state index is 0.00421. The molecule has 0 heterocycles. The van der Waals surface area contributed by atoms with Gasteiger partial charge in [-0.3, -0.25) is 14.9 Å². The molecule has 0 aliphatic heterocycles. The lowest BCUT2D eigenvalue weighted by Gasteiger charge is -2.10. The Kier molecular flexibility index (Phi) is 6.33. The molecule has 0 N–H and O–H groups in total. The molecule has 0 spiro atoms. The molecule has 0 saturated carbocycles. The van der Waals surface area contributed by atoms with Crippen molar-refractivity contribution in [3.63, 3.8) is 0 Å². The van der Waals surface area contributed by atoms with E-state index < -0.39 is 10.9 Å². The third kappa shape index (κ3) is 5.20. The normalized spacial score (nSPS) is 10.2. The Hall–Kier alpha value is -3.09. The zero-order valence-electron chi connectivity index (χ0n) is 14.1. The lowest BCUT2D eigenvalue weighted by atomic mass is 10.1. The fourth-order valence-electron chi connectivity index (χ4n) is 2.31. The Bertz CT molecular complexity index is 759. The number of hydrogen-bond acceptors (Lipinski definition) is 6.